The van der Waals surface area contributed by atoms with E-state index in [0.29, 0.717) is 15.4 Å². The van der Waals surface area contributed by atoms with E-state index in [2.05, 4.69) is 10.3 Å². The molecule has 3 rings (SSSR count). The van der Waals surface area contributed by atoms with Crippen molar-refractivity contribution in [1.82, 2.24) is 14.9 Å². The van der Waals surface area contributed by atoms with Crippen LogP contribution in [0, 0.1) is 6.92 Å². The van der Waals surface area contributed by atoms with Gasteiger partial charge in [0.25, 0.3) is 5.56 Å². The molecule has 0 spiro atoms. The first kappa shape index (κ1) is 17.7. The second kappa shape index (κ2) is 7.41. The molecule has 130 valence electrons. The van der Waals surface area contributed by atoms with E-state index in [1.54, 1.807) is 7.05 Å². The van der Waals surface area contributed by atoms with Crippen LogP contribution in [0.25, 0.3) is 10.2 Å². The minimum atomic E-state index is -0.0829. The molecule has 0 unspecified atom stereocenters. The van der Waals surface area contributed by atoms with E-state index in [0.717, 1.165) is 11.1 Å². The fraction of sp³-hybridized carbons (Fsp3) is 0.278. The Kier molecular flexibility index (Phi) is 5.24. The van der Waals surface area contributed by atoms with Crippen LogP contribution in [0.2, 0.25) is 0 Å². The van der Waals surface area contributed by atoms with Crippen molar-refractivity contribution in [1.29, 1.82) is 0 Å². The normalized spacial score (nSPS) is 12.3. The Hall–Kier alpha value is -2.12. The number of thiophene rings is 1. The lowest BCUT2D eigenvalue weighted by Gasteiger charge is -2.16. The first-order chi connectivity index (χ1) is 12.0. The van der Waals surface area contributed by atoms with Crippen molar-refractivity contribution in [3.05, 3.63) is 57.2 Å². The van der Waals surface area contributed by atoms with Gasteiger partial charge in [-0.3, -0.25) is 14.2 Å². The zero-order valence-corrected chi connectivity index (χ0v) is 15.9. The molecule has 0 radical (unpaired) electrons. The quantitative estimate of drug-likeness (QED) is 0.551. The Morgan fingerprint density at radius 3 is 2.88 bits per heavy atom. The van der Waals surface area contributed by atoms with Gasteiger partial charge in [-0.15, -0.1) is 11.3 Å². The third-order valence-corrected chi connectivity index (χ3v) is 5.93. The molecule has 0 saturated heterocycles. The Balaban J connectivity index is 1.68. The topological polar surface area (TPSA) is 64.0 Å². The van der Waals surface area contributed by atoms with Crippen LogP contribution in [0.4, 0.5) is 0 Å². The lowest BCUT2D eigenvalue weighted by atomic mass is 10.0. The molecule has 1 N–H and O–H groups in total. The molecule has 3 aromatic rings. The van der Waals surface area contributed by atoms with Crippen LogP contribution < -0.4 is 10.9 Å². The first-order valence-electron chi connectivity index (χ1n) is 7.89. The summed E-state index contributed by atoms with van der Waals surface area (Å²) >= 11 is 2.66. The van der Waals surface area contributed by atoms with Gasteiger partial charge in [0.2, 0.25) is 5.91 Å². The summed E-state index contributed by atoms with van der Waals surface area (Å²) in [6.07, 6.45) is 0. The van der Waals surface area contributed by atoms with Crippen molar-refractivity contribution in [3.8, 4) is 0 Å². The van der Waals surface area contributed by atoms with Crippen molar-refractivity contribution >= 4 is 39.2 Å². The van der Waals surface area contributed by atoms with Crippen LogP contribution >= 0.6 is 23.1 Å². The molecule has 1 amide bonds. The fourth-order valence-corrected chi connectivity index (χ4v) is 4.25. The number of carbonyl (C=O) groups excluding carboxylic acids is 1. The monoisotopic (exact) mass is 373 g/mol. The molecular weight excluding hydrogens is 354 g/mol. The van der Waals surface area contributed by atoms with Crippen molar-refractivity contribution in [3.63, 3.8) is 0 Å². The molecule has 25 heavy (non-hydrogen) atoms. The second-order valence-electron chi connectivity index (χ2n) is 5.83. The van der Waals surface area contributed by atoms with E-state index < -0.39 is 0 Å². The van der Waals surface area contributed by atoms with Gasteiger partial charge in [-0.1, -0.05) is 36.0 Å². The molecule has 2 aromatic heterocycles. The molecule has 0 aliphatic carbocycles. The highest BCUT2D eigenvalue weighted by Crippen LogP contribution is 2.21. The number of hydrogen-bond acceptors (Lipinski definition) is 5. The summed E-state index contributed by atoms with van der Waals surface area (Å²) in [6.45, 7) is 4.00. The van der Waals surface area contributed by atoms with Gasteiger partial charge in [0, 0.05) is 7.05 Å². The highest BCUT2D eigenvalue weighted by Gasteiger charge is 2.14. The number of carbonyl (C=O) groups is 1. The zero-order chi connectivity index (χ0) is 18.0. The van der Waals surface area contributed by atoms with Gasteiger partial charge in [-0.2, -0.15) is 0 Å². The van der Waals surface area contributed by atoms with Crippen molar-refractivity contribution in [2.24, 2.45) is 7.05 Å². The zero-order valence-electron chi connectivity index (χ0n) is 14.3. The molecule has 0 aliphatic rings. The van der Waals surface area contributed by atoms with Gasteiger partial charge in [0.1, 0.15) is 4.70 Å². The summed E-state index contributed by atoms with van der Waals surface area (Å²) in [7, 11) is 1.69. The van der Waals surface area contributed by atoms with Gasteiger partial charge in [0.15, 0.2) is 5.16 Å². The van der Waals surface area contributed by atoms with Crippen LogP contribution in [0.3, 0.4) is 0 Å². The van der Waals surface area contributed by atoms with Gasteiger partial charge < -0.3 is 5.32 Å². The summed E-state index contributed by atoms with van der Waals surface area (Å²) in [5, 5.41) is 5.40. The number of amides is 1. The lowest BCUT2D eigenvalue weighted by molar-refractivity contribution is -0.119. The predicted molar refractivity (Wildman–Crippen MR) is 103 cm³/mol. The molecule has 0 saturated carbocycles. The standard InChI is InChI=1S/C18H19N3O2S2/c1-11-6-4-5-7-13(11)12(2)19-15(22)10-25-18-20-14-8-9-24-16(14)17(23)21(18)3/h4-9,12H,10H2,1-3H3,(H,19,22)/t12-/m1/s1. The number of aryl methyl sites for hydroxylation is 1. The largest absolute Gasteiger partial charge is 0.349 e. The smallest absolute Gasteiger partial charge is 0.271 e. The molecule has 0 aliphatic heterocycles. The van der Waals surface area contributed by atoms with Gasteiger partial charge >= 0.3 is 0 Å². The number of fused-ring (bicyclic) bond motifs is 1. The minimum Gasteiger partial charge on any atom is -0.349 e. The number of benzene rings is 1. The van der Waals surface area contributed by atoms with Crippen LogP contribution in [0.1, 0.15) is 24.1 Å². The van der Waals surface area contributed by atoms with Crippen LogP contribution in [-0.4, -0.2) is 21.2 Å². The SMILES string of the molecule is Cc1ccccc1[C@@H](C)NC(=O)CSc1nc2ccsc2c(=O)n1C. The van der Waals surface area contributed by atoms with E-state index in [1.165, 1.54) is 27.7 Å². The Morgan fingerprint density at radius 2 is 2.12 bits per heavy atom. The number of nitrogens with zero attached hydrogens (tertiary/aromatic N) is 2. The fourth-order valence-electron chi connectivity index (χ4n) is 2.66. The number of thioether (sulfide) groups is 1. The van der Waals surface area contributed by atoms with Crippen molar-refractivity contribution in [2.45, 2.75) is 25.0 Å². The van der Waals surface area contributed by atoms with Crippen LogP contribution in [0.15, 0.2) is 45.7 Å². The van der Waals surface area contributed by atoms with E-state index in [9.17, 15) is 9.59 Å². The Morgan fingerprint density at radius 1 is 1.36 bits per heavy atom. The minimum absolute atomic E-state index is 0.0644. The number of hydrogen-bond donors (Lipinski definition) is 1. The van der Waals surface area contributed by atoms with Crippen molar-refractivity contribution in [2.75, 3.05) is 5.75 Å². The van der Waals surface area contributed by atoms with E-state index in [-0.39, 0.29) is 23.3 Å². The molecule has 7 heteroatoms. The van der Waals surface area contributed by atoms with Gasteiger partial charge in [-0.05, 0) is 36.4 Å². The van der Waals surface area contributed by atoms with Gasteiger partial charge in [0.05, 0.1) is 17.3 Å². The third kappa shape index (κ3) is 3.77. The average molecular weight is 374 g/mol. The highest BCUT2D eigenvalue weighted by molar-refractivity contribution is 7.99. The van der Waals surface area contributed by atoms with E-state index in [4.69, 9.17) is 0 Å². The summed E-state index contributed by atoms with van der Waals surface area (Å²) in [5.41, 5.74) is 2.86. The predicted octanol–water partition coefficient (Wildman–Crippen LogP) is 3.27. The Bertz CT molecular complexity index is 978. The van der Waals surface area contributed by atoms with Gasteiger partial charge in [-0.25, -0.2) is 4.98 Å². The number of aromatic nitrogens is 2. The summed E-state index contributed by atoms with van der Waals surface area (Å²) in [4.78, 5) is 29.0. The molecule has 1 atom stereocenters. The summed E-state index contributed by atoms with van der Waals surface area (Å²) < 4.78 is 2.14. The summed E-state index contributed by atoms with van der Waals surface area (Å²) in [5.74, 6) is 0.131. The maximum atomic E-state index is 12.3. The number of rotatable bonds is 5. The first-order valence-corrected chi connectivity index (χ1v) is 9.76. The van der Waals surface area contributed by atoms with Crippen molar-refractivity contribution < 1.29 is 4.79 Å². The van der Waals surface area contributed by atoms with Crippen LogP contribution in [0.5, 0.6) is 0 Å². The van der Waals surface area contributed by atoms with E-state index >= 15 is 0 Å². The molecule has 2 heterocycles. The molecule has 0 bridgehead atoms. The lowest BCUT2D eigenvalue weighted by Crippen LogP contribution is -2.29. The Labute approximate surface area is 154 Å². The second-order valence-corrected chi connectivity index (χ2v) is 7.69. The molecule has 5 nitrogen and oxygen atoms in total. The maximum Gasteiger partial charge on any atom is 0.271 e. The molecule has 1 aromatic carbocycles. The maximum absolute atomic E-state index is 12.3. The number of nitrogens with one attached hydrogen (secondary N) is 1. The highest BCUT2D eigenvalue weighted by atomic mass is 32.2. The molecular formula is C18H19N3O2S2. The van der Waals surface area contributed by atoms with E-state index in [1.807, 2.05) is 49.6 Å². The summed E-state index contributed by atoms with van der Waals surface area (Å²) in [6, 6.07) is 9.76. The van der Waals surface area contributed by atoms with Crippen LogP contribution in [-0.2, 0) is 11.8 Å². The third-order valence-electron chi connectivity index (χ3n) is 4.01. The average Bonchev–Trinajstić information content (AvgIpc) is 3.05. The molecule has 0 fully saturated rings.